The highest BCUT2D eigenvalue weighted by Crippen LogP contribution is 2.20. The summed E-state index contributed by atoms with van der Waals surface area (Å²) in [6, 6.07) is 9.88. The first-order valence-corrected chi connectivity index (χ1v) is 6.47. The van der Waals surface area contributed by atoms with Gasteiger partial charge in [-0.2, -0.15) is 0 Å². The standard InChI is InChI=1S/C14H15BrN2O/c1-18-13-4-2-3-10(5-13)6-14(16)11-7-12(15)9-17-8-11/h2-5,7-9,14H,6,16H2,1H3. The van der Waals surface area contributed by atoms with Gasteiger partial charge in [-0.3, -0.25) is 4.98 Å². The van der Waals surface area contributed by atoms with E-state index in [0.717, 1.165) is 27.8 Å². The van der Waals surface area contributed by atoms with Crippen LogP contribution in [0.25, 0.3) is 0 Å². The molecule has 1 aromatic heterocycles. The van der Waals surface area contributed by atoms with Crippen molar-refractivity contribution in [2.24, 2.45) is 5.73 Å². The first kappa shape index (κ1) is 13.1. The van der Waals surface area contributed by atoms with E-state index in [9.17, 15) is 0 Å². The molecule has 0 amide bonds. The molecular weight excluding hydrogens is 292 g/mol. The third-order valence-corrected chi connectivity index (χ3v) is 3.18. The Morgan fingerprint density at radius 1 is 1.33 bits per heavy atom. The molecule has 1 atom stereocenters. The molecule has 2 aromatic rings. The molecule has 1 heterocycles. The Kier molecular flexibility index (Phi) is 4.33. The van der Waals surface area contributed by atoms with Crippen LogP contribution in [-0.4, -0.2) is 12.1 Å². The minimum atomic E-state index is -0.0675. The van der Waals surface area contributed by atoms with Crippen LogP contribution in [0.15, 0.2) is 47.2 Å². The van der Waals surface area contributed by atoms with Crippen molar-refractivity contribution in [3.63, 3.8) is 0 Å². The van der Waals surface area contributed by atoms with E-state index < -0.39 is 0 Å². The summed E-state index contributed by atoms with van der Waals surface area (Å²) >= 11 is 3.40. The van der Waals surface area contributed by atoms with Gasteiger partial charge in [0.2, 0.25) is 0 Å². The van der Waals surface area contributed by atoms with Crippen LogP contribution in [-0.2, 0) is 6.42 Å². The lowest BCUT2D eigenvalue weighted by Crippen LogP contribution is -2.13. The maximum Gasteiger partial charge on any atom is 0.119 e. The molecule has 0 fully saturated rings. The number of nitrogens with zero attached hydrogens (tertiary/aromatic N) is 1. The topological polar surface area (TPSA) is 48.1 Å². The SMILES string of the molecule is COc1cccc(CC(N)c2cncc(Br)c2)c1. The Balaban J connectivity index is 2.13. The van der Waals surface area contributed by atoms with Crippen molar-refractivity contribution in [3.8, 4) is 5.75 Å². The number of rotatable bonds is 4. The summed E-state index contributed by atoms with van der Waals surface area (Å²) in [5, 5.41) is 0. The summed E-state index contributed by atoms with van der Waals surface area (Å²) < 4.78 is 6.15. The summed E-state index contributed by atoms with van der Waals surface area (Å²) in [6.07, 6.45) is 4.31. The lowest BCUT2D eigenvalue weighted by atomic mass is 10.0. The maximum absolute atomic E-state index is 6.19. The Hall–Kier alpha value is -1.39. The van der Waals surface area contributed by atoms with Gasteiger partial charge in [-0.25, -0.2) is 0 Å². The Bertz CT molecular complexity index is 531. The van der Waals surface area contributed by atoms with Gasteiger partial charge in [-0.05, 0) is 51.7 Å². The van der Waals surface area contributed by atoms with Gasteiger partial charge in [0, 0.05) is 22.9 Å². The predicted molar refractivity (Wildman–Crippen MR) is 75.6 cm³/mol. The fourth-order valence-electron chi connectivity index (χ4n) is 1.80. The van der Waals surface area contributed by atoms with Crippen molar-refractivity contribution >= 4 is 15.9 Å². The normalized spacial score (nSPS) is 12.2. The zero-order valence-electron chi connectivity index (χ0n) is 10.1. The molecule has 1 unspecified atom stereocenters. The van der Waals surface area contributed by atoms with Crippen LogP contribution < -0.4 is 10.5 Å². The van der Waals surface area contributed by atoms with Crippen LogP contribution in [0.3, 0.4) is 0 Å². The minimum Gasteiger partial charge on any atom is -0.497 e. The molecule has 1 aromatic carbocycles. The third-order valence-electron chi connectivity index (χ3n) is 2.74. The summed E-state index contributed by atoms with van der Waals surface area (Å²) in [7, 11) is 1.66. The molecule has 0 saturated heterocycles. The van der Waals surface area contributed by atoms with E-state index in [0.29, 0.717) is 0 Å². The zero-order valence-corrected chi connectivity index (χ0v) is 11.7. The minimum absolute atomic E-state index is 0.0675. The van der Waals surface area contributed by atoms with Crippen molar-refractivity contribution in [1.82, 2.24) is 4.98 Å². The van der Waals surface area contributed by atoms with Crippen LogP contribution in [0.5, 0.6) is 5.75 Å². The van der Waals surface area contributed by atoms with Crippen LogP contribution in [0.4, 0.5) is 0 Å². The largest absolute Gasteiger partial charge is 0.497 e. The molecule has 0 spiro atoms. The number of benzene rings is 1. The van der Waals surface area contributed by atoms with Gasteiger partial charge in [0.05, 0.1) is 7.11 Å². The number of aromatic nitrogens is 1. The lowest BCUT2D eigenvalue weighted by Gasteiger charge is -2.12. The average molecular weight is 307 g/mol. The second kappa shape index (κ2) is 5.98. The fourth-order valence-corrected chi connectivity index (χ4v) is 2.18. The van der Waals surface area contributed by atoms with Gasteiger partial charge >= 0.3 is 0 Å². The number of halogens is 1. The summed E-state index contributed by atoms with van der Waals surface area (Å²) in [4.78, 5) is 4.13. The second-order valence-electron chi connectivity index (χ2n) is 4.10. The number of nitrogens with two attached hydrogens (primary N) is 1. The highest BCUT2D eigenvalue weighted by Gasteiger charge is 2.08. The Morgan fingerprint density at radius 2 is 2.17 bits per heavy atom. The first-order valence-electron chi connectivity index (χ1n) is 5.68. The summed E-state index contributed by atoms with van der Waals surface area (Å²) in [5.74, 6) is 0.854. The quantitative estimate of drug-likeness (QED) is 0.944. The van der Waals surface area contributed by atoms with E-state index in [2.05, 4.69) is 20.9 Å². The Morgan fingerprint density at radius 3 is 2.89 bits per heavy atom. The van der Waals surface area contributed by atoms with E-state index in [1.807, 2.05) is 30.3 Å². The number of methoxy groups -OCH3 is 1. The molecule has 3 nitrogen and oxygen atoms in total. The number of ether oxygens (including phenoxy) is 1. The van der Waals surface area contributed by atoms with Gasteiger partial charge in [0.15, 0.2) is 0 Å². The number of hydrogen-bond acceptors (Lipinski definition) is 3. The van der Waals surface area contributed by atoms with E-state index in [1.165, 1.54) is 0 Å². The molecule has 2 N–H and O–H groups in total. The molecule has 94 valence electrons. The maximum atomic E-state index is 6.19. The molecule has 0 aliphatic heterocycles. The summed E-state index contributed by atoms with van der Waals surface area (Å²) in [5.41, 5.74) is 8.36. The number of hydrogen-bond donors (Lipinski definition) is 1. The highest BCUT2D eigenvalue weighted by atomic mass is 79.9. The van der Waals surface area contributed by atoms with E-state index in [1.54, 1.807) is 19.5 Å². The monoisotopic (exact) mass is 306 g/mol. The van der Waals surface area contributed by atoms with Crippen LogP contribution in [0.2, 0.25) is 0 Å². The first-order chi connectivity index (χ1) is 8.69. The van der Waals surface area contributed by atoms with E-state index >= 15 is 0 Å². The van der Waals surface area contributed by atoms with Gasteiger partial charge in [-0.1, -0.05) is 12.1 Å². The van der Waals surface area contributed by atoms with Crippen molar-refractivity contribution in [2.75, 3.05) is 7.11 Å². The second-order valence-corrected chi connectivity index (χ2v) is 5.01. The van der Waals surface area contributed by atoms with Crippen molar-refractivity contribution < 1.29 is 4.74 Å². The van der Waals surface area contributed by atoms with Crippen molar-refractivity contribution in [2.45, 2.75) is 12.5 Å². The lowest BCUT2D eigenvalue weighted by molar-refractivity contribution is 0.414. The van der Waals surface area contributed by atoms with Gasteiger partial charge in [0.25, 0.3) is 0 Å². The Labute approximate surface area is 115 Å². The molecule has 2 rings (SSSR count). The fraction of sp³-hybridized carbons (Fsp3) is 0.214. The van der Waals surface area contributed by atoms with Crippen LogP contribution in [0, 0.1) is 0 Å². The average Bonchev–Trinajstić information content (AvgIpc) is 2.39. The predicted octanol–water partition coefficient (Wildman–Crippen LogP) is 3.10. The van der Waals surface area contributed by atoms with Crippen molar-refractivity contribution in [3.05, 3.63) is 58.3 Å². The molecule has 0 saturated carbocycles. The number of pyridine rings is 1. The zero-order chi connectivity index (χ0) is 13.0. The van der Waals surface area contributed by atoms with Crippen LogP contribution >= 0.6 is 15.9 Å². The van der Waals surface area contributed by atoms with Crippen molar-refractivity contribution in [1.29, 1.82) is 0 Å². The molecule has 18 heavy (non-hydrogen) atoms. The molecule has 0 aliphatic carbocycles. The molecule has 0 radical (unpaired) electrons. The molecule has 0 aliphatic rings. The smallest absolute Gasteiger partial charge is 0.119 e. The molecule has 4 heteroatoms. The van der Waals surface area contributed by atoms with E-state index in [4.69, 9.17) is 10.5 Å². The highest BCUT2D eigenvalue weighted by molar-refractivity contribution is 9.10. The van der Waals surface area contributed by atoms with Gasteiger partial charge in [-0.15, -0.1) is 0 Å². The van der Waals surface area contributed by atoms with Gasteiger partial charge < -0.3 is 10.5 Å². The van der Waals surface area contributed by atoms with Gasteiger partial charge in [0.1, 0.15) is 5.75 Å². The van der Waals surface area contributed by atoms with Crippen LogP contribution in [0.1, 0.15) is 17.2 Å². The molecular formula is C14H15BrN2O. The third kappa shape index (κ3) is 3.31. The van der Waals surface area contributed by atoms with E-state index in [-0.39, 0.29) is 6.04 Å². The molecule has 0 bridgehead atoms. The summed E-state index contributed by atoms with van der Waals surface area (Å²) in [6.45, 7) is 0.